The first kappa shape index (κ1) is 13.5. The van der Waals surface area contributed by atoms with Crippen molar-refractivity contribution in [3.8, 4) is 11.1 Å². The largest absolute Gasteiger partial charge is 0.417 e. The van der Waals surface area contributed by atoms with Crippen LogP contribution in [0.3, 0.4) is 0 Å². The van der Waals surface area contributed by atoms with E-state index in [1.54, 1.807) is 6.92 Å². The van der Waals surface area contributed by atoms with Crippen LogP contribution < -0.4 is 0 Å². The van der Waals surface area contributed by atoms with Crippen LogP contribution in [0.2, 0.25) is 0 Å². The van der Waals surface area contributed by atoms with E-state index in [1.807, 2.05) is 0 Å². The molecule has 0 aliphatic rings. The minimum Gasteiger partial charge on any atom is -0.207 e. The van der Waals surface area contributed by atoms with Crippen molar-refractivity contribution in [1.29, 1.82) is 0 Å². The lowest BCUT2D eigenvalue weighted by atomic mass is 9.95. The number of benzene rings is 2. The van der Waals surface area contributed by atoms with Crippen molar-refractivity contribution in [1.82, 2.24) is 0 Å². The van der Waals surface area contributed by atoms with Crippen LogP contribution in [0.4, 0.5) is 22.0 Å². The summed E-state index contributed by atoms with van der Waals surface area (Å²) in [6.07, 6.45) is -4.62. The molecule has 0 radical (unpaired) electrons. The molecule has 0 unspecified atom stereocenters. The van der Waals surface area contributed by atoms with Crippen LogP contribution in [0.1, 0.15) is 11.1 Å². The van der Waals surface area contributed by atoms with Gasteiger partial charge in [0.1, 0.15) is 11.6 Å². The van der Waals surface area contributed by atoms with Gasteiger partial charge in [-0.3, -0.25) is 0 Å². The van der Waals surface area contributed by atoms with Crippen LogP contribution >= 0.6 is 0 Å². The highest BCUT2D eigenvalue weighted by Crippen LogP contribution is 2.38. The van der Waals surface area contributed by atoms with Crippen LogP contribution in [0, 0.1) is 18.6 Å². The molecule has 100 valence electrons. The van der Waals surface area contributed by atoms with E-state index in [0.29, 0.717) is 11.6 Å². The van der Waals surface area contributed by atoms with Crippen molar-refractivity contribution in [2.75, 3.05) is 0 Å². The second kappa shape index (κ2) is 4.64. The average molecular weight is 272 g/mol. The quantitative estimate of drug-likeness (QED) is 0.644. The van der Waals surface area contributed by atoms with Crippen LogP contribution in [-0.4, -0.2) is 0 Å². The first-order valence-corrected chi connectivity index (χ1v) is 5.42. The standard InChI is InChI=1S/C14H9F5/c1-8-2-3-9(15)6-11(8)12-7-10(16)4-5-13(12)14(17,18)19/h2-7H,1H3. The third-order valence-corrected chi connectivity index (χ3v) is 2.78. The van der Waals surface area contributed by atoms with Crippen molar-refractivity contribution in [2.24, 2.45) is 0 Å². The Morgan fingerprint density at radius 3 is 1.89 bits per heavy atom. The topological polar surface area (TPSA) is 0 Å². The fourth-order valence-electron chi connectivity index (χ4n) is 1.87. The number of hydrogen-bond donors (Lipinski definition) is 0. The zero-order valence-corrected chi connectivity index (χ0v) is 9.85. The maximum atomic E-state index is 13.2. The van der Waals surface area contributed by atoms with Crippen LogP contribution in [0.25, 0.3) is 11.1 Å². The summed E-state index contributed by atoms with van der Waals surface area (Å²) in [5.74, 6) is -1.47. The summed E-state index contributed by atoms with van der Waals surface area (Å²) in [5, 5.41) is 0. The molecule has 0 nitrogen and oxygen atoms in total. The summed E-state index contributed by atoms with van der Waals surface area (Å²) in [5.41, 5.74) is -0.864. The fourth-order valence-corrected chi connectivity index (χ4v) is 1.87. The van der Waals surface area contributed by atoms with Gasteiger partial charge in [0.2, 0.25) is 0 Å². The van der Waals surface area contributed by atoms with Gasteiger partial charge in [0, 0.05) is 0 Å². The fraction of sp³-hybridized carbons (Fsp3) is 0.143. The molecule has 2 aromatic carbocycles. The van der Waals surface area contributed by atoms with Gasteiger partial charge < -0.3 is 0 Å². The summed E-state index contributed by atoms with van der Waals surface area (Å²) in [6, 6.07) is 5.64. The molecule has 0 amide bonds. The highest BCUT2D eigenvalue weighted by molar-refractivity contribution is 5.71. The Kier molecular flexibility index (Phi) is 3.30. The summed E-state index contributed by atoms with van der Waals surface area (Å²) in [4.78, 5) is 0. The Bertz CT molecular complexity index is 614. The predicted octanol–water partition coefficient (Wildman–Crippen LogP) is 4.96. The highest BCUT2D eigenvalue weighted by atomic mass is 19.4. The van der Waals surface area contributed by atoms with Crippen molar-refractivity contribution in [2.45, 2.75) is 13.1 Å². The van der Waals surface area contributed by atoms with Gasteiger partial charge in [-0.2, -0.15) is 13.2 Å². The predicted molar refractivity (Wildman–Crippen MR) is 61.5 cm³/mol. The zero-order chi connectivity index (χ0) is 14.2. The summed E-state index contributed by atoms with van der Waals surface area (Å²) >= 11 is 0. The zero-order valence-electron chi connectivity index (χ0n) is 9.85. The molecule has 0 aliphatic heterocycles. The van der Waals surface area contributed by atoms with E-state index in [1.165, 1.54) is 6.07 Å². The lowest BCUT2D eigenvalue weighted by molar-refractivity contribution is -0.137. The second-order valence-electron chi connectivity index (χ2n) is 4.15. The Morgan fingerprint density at radius 2 is 1.32 bits per heavy atom. The Hall–Kier alpha value is -1.91. The third kappa shape index (κ3) is 2.75. The molecule has 0 atom stereocenters. The molecule has 0 saturated heterocycles. The highest BCUT2D eigenvalue weighted by Gasteiger charge is 2.34. The molecule has 0 bridgehead atoms. The first-order chi connectivity index (χ1) is 8.79. The number of alkyl halides is 3. The lowest BCUT2D eigenvalue weighted by Crippen LogP contribution is -2.08. The molecule has 0 fully saturated rings. The molecule has 2 rings (SSSR count). The van der Waals surface area contributed by atoms with E-state index < -0.39 is 23.4 Å². The van der Waals surface area contributed by atoms with Gasteiger partial charge in [-0.15, -0.1) is 0 Å². The maximum absolute atomic E-state index is 13.2. The molecule has 0 N–H and O–H groups in total. The van der Waals surface area contributed by atoms with E-state index in [0.717, 1.165) is 24.3 Å². The van der Waals surface area contributed by atoms with Gasteiger partial charge in [-0.25, -0.2) is 8.78 Å². The van der Waals surface area contributed by atoms with Gasteiger partial charge in [0.05, 0.1) is 5.56 Å². The Balaban J connectivity index is 2.73. The van der Waals surface area contributed by atoms with Gasteiger partial charge >= 0.3 is 6.18 Å². The van der Waals surface area contributed by atoms with Gasteiger partial charge in [-0.05, 0) is 53.9 Å². The number of aryl methyl sites for hydroxylation is 1. The summed E-state index contributed by atoms with van der Waals surface area (Å²) in [6.45, 7) is 1.54. The molecule has 0 spiro atoms. The van der Waals surface area contributed by atoms with Crippen LogP contribution in [0.15, 0.2) is 36.4 Å². The summed E-state index contributed by atoms with van der Waals surface area (Å²) < 4.78 is 65.0. The normalized spacial score (nSPS) is 11.7. The van der Waals surface area contributed by atoms with E-state index in [9.17, 15) is 22.0 Å². The minimum absolute atomic E-state index is 0.0341. The van der Waals surface area contributed by atoms with E-state index in [-0.39, 0.29) is 11.1 Å². The maximum Gasteiger partial charge on any atom is 0.417 e. The average Bonchev–Trinajstić information content (AvgIpc) is 2.30. The van der Waals surface area contributed by atoms with Gasteiger partial charge in [-0.1, -0.05) is 6.07 Å². The molecule has 0 aromatic heterocycles. The van der Waals surface area contributed by atoms with Crippen molar-refractivity contribution in [3.63, 3.8) is 0 Å². The van der Waals surface area contributed by atoms with Crippen molar-refractivity contribution >= 4 is 0 Å². The van der Waals surface area contributed by atoms with Crippen molar-refractivity contribution < 1.29 is 22.0 Å². The molecule has 0 heterocycles. The Morgan fingerprint density at radius 1 is 0.789 bits per heavy atom. The second-order valence-corrected chi connectivity index (χ2v) is 4.15. The van der Waals surface area contributed by atoms with Crippen molar-refractivity contribution in [3.05, 3.63) is 59.2 Å². The summed E-state index contributed by atoms with van der Waals surface area (Å²) in [7, 11) is 0. The number of hydrogen-bond acceptors (Lipinski definition) is 0. The van der Waals surface area contributed by atoms with Gasteiger partial charge in [0.25, 0.3) is 0 Å². The molecule has 0 aliphatic carbocycles. The van der Waals surface area contributed by atoms with E-state index >= 15 is 0 Å². The lowest BCUT2D eigenvalue weighted by Gasteiger charge is -2.14. The monoisotopic (exact) mass is 272 g/mol. The Labute approximate surface area is 106 Å². The first-order valence-electron chi connectivity index (χ1n) is 5.42. The third-order valence-electron chi connectivity index (χ3n) is 2.78. The smallest absolute Gasteiger partial charge is 0.207 e. The van der Waals surface area contributed by atoms with Crippen LogP contribution in [0.5, 0.6) is 0 Å². The minimum atomic E-state index is -4.62. The molecule has 2 aromatic rings. The SMILES string of the molecule is Cc1ccc(F)cc1-c1cc(F)ccc1C(F)(F)F. The molecular weight excluding hydrogens is 263 g/mol. The molecule has 0 saturated carbocycles. The van der Waals surface area contributed by atoms with Crippen LogP contribution in [-0.2, 0) is 6.18 Å². The molecule has 5 heteroatoms. The van der Waals surface area contributed by atoms with E-state index in [2.05, 4.69) is 0 Å². The molecule has 19 heavy (non-hydrogen) atoms. The number of halogens is 5. The van der Waals surface area contributed by atoms with Gasteiger partial charge in [0.15, 0.2) is 0 Å². The molecular formula is C14H9F5. The van der Waals surface area contributed by atoms with E-state index in [4.69, 9.17) is 0 Å². The number of rotatable bonds is 1.